The molecule has 4 nitrogen and oxygen atoms in total. The topological polar surface area (TPSA) is 64.3 Å². The van der Waals surface area contributed by atoms with Crippen LogP contribution in [0.4, 0.5) is 15.8 Å². The lowest BCUT2D eigenvalue weighted by atomic mass is 10.2. The molecule has 0 heterocycles. The normalized spacial score (nSPS) is 10.2. The van der Waals surface area contributed by atoms with Gasteiger partial charge in [0.25, 0.3) is 0 Å². The summed E-state index contributed by atoms with van der Waals surface area (Å²) >= 11 is 0. The number of nitrogens with one attached hydrogen (secondary N) is 1. The lowest BCUT2D eigenvalue weighted by molar-refractivity contribution is -0.116. The number of hydrogen-bond donors (Lipinski definition) is 2. The maximum atomic E-state index is 13.0. The summed E-state index contributed by atoms with van der Waals surface area (Å²) in [5.74, 6) is 0.0815. The van der Waals surface area contributed by atoms with Crippen molar-refractivity contribution in [2.24, 2.45) is 0 Å². The van der Waals surface area contributed by atoms with Crippen LogP contribution in [0.1, 0.15) is 12.0 Å². The van der Waals surface area contributed by atoms with E-state index in [0.29, 0.717) is 17.1 Å². The number of halogens is 1. The van der Waals surface area contributed by atoms with Crippen LogP contribution in [0.3, 0.4) is 0 Å². The second-order valence-electron chi connectivity index (χ2n) is 4.68. The minimum absolute atomic E-state index is 0.181. The fraction of sp³-hybridized carbons (Fsp3) is 0.188. The van der Waals surface area contributed by atoms with Crippen molar-refractivity contribution >= 4 is 17.3 Å². The molecule has 0 radical (unpaired) electrons. The van der Waals surface area contributed by atoms with Crippen molar-refractivity contribution in [2.75, 3.05) is 17.7 Å². The molecule has 110 valence electrons. The Morgan fingerprint density at radius 2 is 2.10 bits per heavy atom. The van der Waals surface area contributed by atoms with Crippen molar-refractivity contribution in [3.05, 3.63) is 53.8 Å². The molecule has 0 aliphatic heterocycles. The zero-order valence-electron chi connectivity index (χ0n) is 11.7. The summed E-state index contributed by atoms with van der Waals surface area (Å²) in [5, 5.41) is 2.61. The van der Waals surface area contributed by atoms with Crippen LogP contribution in [0.15, 0.2) is 42.5 Å². The van der Waals surface area contributed by atoms with Gasteiger partial charge in [0.1, 0.15) is 11.6 Å². The van der Waals surface area contributed by atoms with E-state index in [9.17, 15) is 9.18 Å². The molecule has 5 heteroatoms. The molecule has 0 aliphatic rings. The van der Waals surface area contributed by atoms with Crippen LogP contribution in [0.5, 0.6) is 5.75 Å². The Morgan fingerprint density at radius 3 is 2.81 bits per heavy atom. The Kier molecular flexibility index (Phi) is 4.77. The summed E-state index contributed by atoms with van der Waals surface area (Å²) in [5.41, 5.74) is 7.67. The number of hydrogen-bond acceptors (Lipinski definition) is 3. The van der Waals surface area contributed by atoms with Crippen LogP contribution in [0, 0.1) is 12.7 Å². The SMILES string of the molecule is Cc1cc(N)ccc1OCCC(=O)Nc1cccc(F)c1. The van der Waals surface area contributed by atoms with E-state index in [-0.39, 0.29) is 24.8 Å². The number of rotatable bonds is 5. The Morgan fingerprint density at radius 1 is 1.29 bits per heavy atom. The average Bonchev–Trinajstić information content (AvgIpc) is 2.41. The van der Waals surface area contributed by atoms with Gasteiger partial charge in [-0.3, -0.25) is 4.79 Å². The van der Waals surface area contributed by atoms with Crippen molar-refractivity contribution in [2.45, 2.75) is 13.3 Å². The molecular weight excluding hydrogens is 271 g/mol. The zero-order chi connectivity index (χ0) is 15.2. The summed E-state index contributed by atoms with van der Waals surface area (Å²) in [6.45, 7) is 2.13. The van der Waals surface area contributed by atoms with Crippen LogP contribution in [0.2, 0.25) is 0 Å². The van der Waals surface area contributed by atoms with Gasteiger partial charge in [-0.15, -0.1) is 0 Å². The summed E-state index contributed by atoms with van der Waals surface area (Å²) in [7, 11) is 0. The fourth-order valence-corrected chi connectivity index (χ4v) is 1.88. The van der Waals surface area contributed by atoms with E-state index in [4.69, 9.17) is 10.5 Å². The first-order chi connectivity index (χ1) is 10.0. The molecule has 21 heavy (non-hydrogen) atoms. The van der Waals surface area contributed by atoms with Crippen LogP contribution >= 0.6 is 0 Å². The highest BCUT2D eigenvalue weighted by molar-refractivity contribution is 5.90. The van der Waals surface area contributed by atoms with Gasteiger partial charge < -0.3 is 15.8 Å². The Labute approximate surface area is 122 Å². The number of anilines is 2. The molecule has 2 aromatic carbocycles. The molecule has 2 rings (SSSR count). The van der Waals surface area contributed by atoms with Crippen molar-refractivity contribution in [1.82, 2.24) is 0 Å². The lowest BCUT2D eigenvalue weighted by Crippen LogP contribution is -2.15. The van der Waals surface area contributed by atoms with Crippen molar-refractivity contribution in [1.29, 1.82) is 0 Å². The van der Waals surface area contributed by atoms with Crippen LogP contribution in [0.25, 0.3) is 0 Å². The summed E-state index contributed by atoms with van der Waals surface area (Å²) < 4.78 is 18.5. The molecule has 0 atom stereocenters. The molecule has 3 N–H and O–H groups in total. The molecule has 0 aromatic heterocycles. The molecule has 0 saturated carbocycles. The molecule has 2 aromatic rings. The van der Waals surface area contributed by atoms with E-state index < -0.39 is 0 Å². The predicted octanol–water partition coefficient (Wildman–Crippen LogP) is 3.12. The molecule has 0 saturated heterocycles. The summed E-state index contributed by atoms with van der Waals surface area (Å²) in [6, 6.07) is 11.1. The van der Waals surface area contributed by atoms with Gasteiger partial charge in [0, 0.05) is 11.4 Å². The quantitative estimate of drug-likeness (QED) is 0.831. The van der Waals surface area contributed by atoms with E-state index in [1.54, 1.807) is 24.3 Å². The number of nitrogen functional groups attached to an aromatic ring is 1. The highest BCUT2D eigenvalue weighted by Crippen LogP contribution is 2.20. The van der Waals surface area contributed by atoms with Gasteiger partial charge in [-0.05, 0) is 48.9 Å². The number of nitrogens with two attached hydrogens (primary N) is 1. The number of amides is 1. The minimum Gasteiger partial charge on any atom is -0.493 e. The molecule has 0 aliphatic carbocycles. The third kappa shape index (κ3) is 4.49. The highest BCUT2D eigenvalue weighted by Gasteiger charge is 2.05. The molecule has 0 bridgehead atoms. The first-order valence-corrected chi connectivity index (χ1v) is 6.59. The van der Waals surface area contributed by atoms with Crippen molar-refractivity contribution in [3.63, 3.8) is 0 Å². The zero-order valence-corrected chi connectivity index (χ0v) is 11.7. The monoisotopic (exact) mass is 288 g/mol. The second kappa shape index (κ2) is 6.74. The average molecular weight is 288 g/mol. The standard InChI is InChI=1S/C16H17FN2O2/c1-11-9-13(18)5-6-15(11)21-8-7-16(20)19-14-4-2-3-12(17)10-14/h2-6,9-10H,7-8,18H2,1H3,(H,19,20). The molecule has 0 unspecified atom stereocenters. The van der Waals surface area contributed by atoms with Gasteiger partial charge in [0.05, 0.1) is 13.0 Å². The van der Waals surface area contributed by atoms with Crippen molar-refractivity contribution in [3.8, 4) is 5.75 Å². The summed E-state index contributed by atoms with van der Waals surface area (Å²) in [6.07, 6.45) is 0.181. The first kappa shape index (κ1) is 14.8. The smallest absolute Gasteiger partial charge is 0.227 e. The number of ether oxygens (including phenoxy) is 1. The molecular formula is C16H17FN2O2. The third-order valence-electron chi connectivity index (χ3n) is 2.89. The maximum absolute atomic E-state index is 13.0. The van der Waals surface area contributed by atoms with Crippen LogP contribution in [-0.2, 0) is 4.79 Å². The van der Waals surface area contributed by atoms with Gasteiger partial charge in [0.2, 0.25) is 5.91 Å². The number of aryl methyl sites for hydroxylation is 1. The van der Waals surface area contributed by atoms with E-state index >= 15 is 0 Å². The second-order valence-corrected chi connectivity index (χ2v) is 4.68. The number of carbonyl (C=O) groups excluding carboxylic acids is 1. The maximum Gasteiger partial charge on any atom is 0.227 e. The van der Waals surface area contributed by atoms with E-state index in [1.165, 1.54) is 12.1 Å². The van der Waals surface area contributed by atoms with Gasteiger partial charge >= 0.3 is 0 Å². The molecule has 1 amide bonds. The van der Waals surface area contributed by atoms with Gasteiger partial charge in [-0.2, -0.15) is 0 Å². The number of carbonyl (C=O) groups is 1. The minimum atomic E-state index is -0.387. The Bertz CT molecular complexity index is 644. The van der Waals surface area contributed by atoms with Gasteiger partial charge in [-0.1, -0.05) is 6.07 Å². The van der Waals surface area contributed by atoms with Gasteiger partial charge in [0.15, 0.2) is 0 Å². The van der Waals surface area contributed by atoms with Crippen LogP contribution < -0.4 is 15.8 Å². The van der Waals surface area contributed by atoms with Crippen molar-refractivity contribution < 1.29 is 13.9 Å². The predicted molar refractivity (Wildman–Crippen MR) is 80.7 cm³/mol. The number of benzene rings is 2. The largest absolute Gasteiger partial charge is 0.493 e. The highest BCUT2D eigenvalue weighted by atomic mass is 19.1. The van der Waals surface area contributed by atoms with E-state index in [2.05, 4.69) is 5.32 Å². The Hall–Kier alpha value is -2.56. The van der Waals surface area contributed by atoms with Crippen LogP contribution in [-0.4, -0.2) is 12.5 Å². The van der Waals surface area contributed by atoms with E-state index in [0.717, 1.165) is 5.56 Å². The lowest BCUT2D eigenvalue weighted by Gasteiger charge is -2.10. The Balaban J connectivity index is 1.81. The molecule has 0 spiro atoms. The first-order valence-electron chi connectivity index (χ1n) is 6.59. The third-order valence-corrected chi connectivity index (χ3v) is 2.89. The summed E-state index contributed by atoms with van der Waals surface area (Å²) in [4.78, 5) is 11.7. The van der Waals surface area contributed by atoms with E-state index in [1.807, 2.05) is 13.0 Å². The fourth-order valence-electron chi connectivity index (χ4n) is 1.88. The van der Waals surface area contributed by atoms with Gasteiger partial charge in [-0.25, -0.2) is 4.39 Å². The molecule has 0 fully saturated rings.